The number of nitrogens with zero attached hydrogens (tertiary/aromatic N) is 1. The maximum absolute atomic E-state index is 10.4. The minimum absolute atomic E-state index is 0.0748. The van der Waals surface area contributed by atoms with Gasteiger partial charge in [-0.1, -0.05) is 0 Å². The summed E-state index contributed by atoms with van der Waals surface area (Å²) in [7, 11) is 0. The maximum Gasteiger partial charge on any atom is 0.152 e. The summed E-state index contributed by atoms with van der Waals surface area (Å²) in [6, 6.07) is 4.15. The topological polar surface area (TPSA) is 81.8 Å². The minimum Gasteiger partial charge on any atom is -0.412 e. The van der Waals surface area contributed by atoms with Gasteiger partial charge in [-0.25, -0.2) is 0 Å². The molecule has 0 unspecified atom stereocenters. The standard InChI is InChI=1S/C7H6N2O3/c8-12-6-1-2-7(9-11)5(3-6)4-10/h1-4H,8H2. The molecule has 0 saturated carbocycles. The number of nitrogens with two attached hydrogens (primary N) is 1. The first kappa shape index (κ1) is 8.35. The van der Waals surface area contributed by atoms with Gasteiger partial charge in [0.05, 0.1) is 0 Å². The van der Waals surface area contributed by atoms with Crippen LogP contribution < -0.4 is 10.7 Å². The van der Waals surface area contributed by atoms with Crippen molar-refractivity contribution in [3.05, 3.63) is 28.7 Å². The second kappa shape index (κ2) is 3.59. The molecule has 0 aromatic heterocycles. The van der Waals surface area contributed by atoms with Crippen LogP contribution in [-0.4, -0.2) is 6.29 Å². The fourth-order valence-corrected chi connectivity index (χ4v) is 0.783. The second-order valence-electron chi connectivity index (χ2n) is 2.05. The molecule has 5 nitrogen and oxygen atoms in total. The van der Waals surface area contributed by atoms with Crippen molar-refractivity contribution in [2.75, 3.05) is 0 Å². The zero-order valence-electron chi connectivity index (χ0n) is 6.06. The monoisotopic (exact) mass is 166 g/mol. The Kier molecular flexibility index (Phi) is 2.49. The fourth-order valence-electron chi connectivity index (χ4n) is 0.783. The van der Waals surface area contributed by atoms with Gasteiger partial charge in [-0.2, -0.15) is 5.90 Å². The summed E-state index contributed by atoms with van der Waals surface area (Å²) >= 11 is 0. The van der Waals surface area contributed by atoms with E-state index in [2.05, 4.69) is 10.0 Å². The summed E-state index contributed by atoms with van der Waals surface area (Å²) in [5.74, 6) is 5.15. The quantitative estimate of drug-likeness (QED) is 0.414. The van der Waals surface area contributed by atoms with Crippen LogP contribution >= 0.6 is 0 Å². The molecule has 1 rings (SSSR count). The normalized spacial score (nSPS) is 9.08. The Morgan fingerprint density at radius 1 is 1.50 bits per heavy atom. The van der Waals surface area contributed by atoms with Crippen molar-refractivity contribution < 1.29 is 9.63 Å². The van der Waals surface area contributed by atoms with Crippen LogP contribution in [0.3, 0.4) is 0 Å². The summed E-state index contributed by atoms with van der Waals surface area (Å²) in [4.78, 5) is 24.8. The molecule has 0 fully saturated rings. The molecular formula is C7H6N2O3. The molecule has 0 aliphatic carbocycles. The highest BCUT2D eigenvalue weighted by Crippen LogP contribution is 2.21. The summed E-state index contributed by atoms with van der Waals surface area (Å²) < 4.78 is 0. The number of benzene rings is 1. The van der Waals surface area contributed by atoms with Gasteiger partial charge in [0.2, 0.25) is 0 Å². The highest BCUT2D eigenvalue weighted by atomic mass is 16.6. The van der Waals surface area contributed by atoms with Crippen LogP contribution in [0.1, 0.15) is 10.4 Å². The number of nitroso groups, excluding NO2 is 1. The van der Waals surface area contributed by atoms with Crippen LogP contribution in [-0.2, 0) is 0 Å². The SMILES string of the molecule is NOc1ccc(N=O)c(C=O)c1. The van der Waals surface area contributed by atoms with E-state index in [-0.39, 0.29) is 11.3 Å². The molecular weight excluding hydrogens is 160 g/mol. The molecule has 2 N–H and O–H groups in total. The Labute approximate surface area is 68.1 Å². The lowest BCUT2D eigenvalue weighted by Crippen LogP contribution is -2.01. The van der Waals surface area contributed by atoms with Crippen LogP contribution in [0.5, 0.6) is 5.75 Å². The first-order chi connectivity index (χ1) is 5.81. The molecule has 0 aliphatic heterocycles. The Morgan fingerprint density at radius 2 is 2.25 bits per heavy atom. The number of aldehydes is 1. The average Bonchev–Trinajstić information content (AvgIpc) is 2.16. The summed E-state index contributed by atoms with van der Waals surface area (Å²) in [6.45, 7) is 0. The van der Waals surface area contributed by atoms with Crippen molar-refractivity contribution >= 4 is 12.0 Å². The van der Waals surface area contributed by atoms with Gasteiger partial charge >= 0.3 is 0 Å². The number of hydrogen-bond acceptors (Lipinski definition) is 5. The highest BCUT2D eigenvalue weighted by molar-refractivity contribution is 5.83. The average molecular weight is 166 g/mol. The lowest BCUT2D eigenvalue weighted by Gasteiger charge is -1.99. The van der Waals surface area contributed by atoms with Crippen LogP contribution in [0.4, 0.5) is 5.69 Å². The lowest BCUT2D eigenvalue weighted by atomic mass is 10.2. The van der Waals surface area contributed by atoms with Gasteiger partial charge in [0.1, 0.15) is 11.4 Å². The van der Waals surface area contributed by atoms with Crippen molar-refractivity contribution in [1.82, 2.24) is 0 Å². The zero-order valence-corrected chi connectivity index (χ0v) is 6.06. The molecule has 1 aromatic carbocycles. The minimum atomic E-state index is 0.0748. The van der Waals surface area contributed by atoms with E-state index in [9.17, 15) is 9.70 Å². The van der Waals surface area contributed by atoms with Gasteiger partial charge in [-0.05, 0) is 23.4 Å². The van der Waals surface area contributed by atoms with Crippen LogP contribution in [0.15, 0.2) is 23.4 Å². The van der Waals surface area contributed by atoms with Gasteiger partial charge in [0.25, 0.3) is 0 Å². The van der Waals surface area contributed by atoms with Gasteiger partial charge < -0.3 is 4.84 Å². The summed E-state index contributed by atoms with van der Waals surface area (Å²) in [5.41, 5.74) is 0.235. The van der Waals surface area contributed by atoms with Gasteiger partial charge in [0, 0.05) is 5.56 Å². The molecule has 0 aliphatic rings. The molecule has 1 aromatic rings. The lowest BCUT2D eigenvalue weighted by molar-refractivity contribution is 0.112. The third-order valence-corrected chi connectivity index (χ3v) is 1.36. The zero-order chi connectivity index (χ0) is 8.97. The smallest absolute Gasteiger partial charge is 0.152 e. The molecule has 0 spiro atoms. The predicted molar refractivity (Wildman–Crippen MR) is 42.1 cm³/mol. The third-order valence-electron chi connectivity index (χ3n) is 1.36. The van der Waals surface area contributed by atoms with E-state index in [1.807, 2.05) is 0 Å². The van der Waals surface area contributed by atoms with Crippen molar-refractivity contribution in [1.29, 1.82) is 0 Å². The largest absolute Gasteiger partial charge is 0.412 e. The number of rotatable bonds is 3. The van der Waals surface area contributed by atoms with Crippen LogP contribution in [0.2, 0.25) is 0 Å². The highest BCUT2D eigenvalue weighted by Gasteiger charge is 2.03. The molecule has 0 heterocycles. The fraction of sp³-hybridized carbons (Fsp3) is 0. The number of hydrogen-bond donors (Lipinski definition) is 1. The van der Waals surface area contributed by atoms with Crippen molar-refractivity contribution in [3.63, 3.8) is 0 Å². The molecule has 12 heavy (non-hydrogen) atoms. The van der Waals surface area contributed by atoms with Gasteiger partial charge in [0.15, 0.2) is 6.29 Å². The maximum atomic E-state index is 10.4. The Balaban J connectivity index is 3.18. The molecule has 0 amide bonds. The Morgan fingerprint density at radius 3 is 2.75 bits per heavy atom. The summed E-state index contributed by atoms with van der Waals surface area (Å²) in [5, 5.41) is 2.64. The number of carbonyl (C=O) groups excluding carboxylic acids is 1. The van der Waals surface area contributed by atoms with E-state index in [1.165, 1.54) is 18.2 Å². The van der Waals surface area contributed by atoms with Crippen molar-refractivity contribution in [3.8, 4) is 5.75 Å². The van der Waals surface area contributed by atoms with Crippen molar-refractivity contribution in [2.45, 2.75) is 0 Å². The van der Waals surface area contributed by atoms with E-state index in [1.54, 1.807) is 0 Å². The van der Waals surface area contributed by atoms with E-state index < -0.39 is 0 Å². The Bertz CT molecular complexity index is 312. The third kappa shape index (κ3) is 1.46. The molecule has 0 bridgehead atoms. The molecule has 62 valence electrons. The van der Waals surface area contributed by atoms with E-state index in [0.29, 0.717) is 12.0 Å². The predicted octanol–water partition coefficient (Wildman–Crippen LogP) is 1.15. The second-order valence-corrected chi connectivity index (χ2v) is 2.05. The van der Waals surface area contributed by atoms with E-state index in [4.69, 9.17) is 5.90 Å². The first-order valence-corrected chi connectivity index (χ1v) is 3.11. The van der Waals surface area contributed by atoms with Gasteiger partial charge in [-0.3, -0.25) is 4.79 Å². The molecule has 5 heteroatoms. The van der Waals surface area contributed by atoms with Gasteiger partial charge in [-0.15, -0.1) is 4.91 Å². The molecule has 0 radical (unpaired) electrons. The molecule has 0 saturated heterocycles. The van der Waals surface area contributed by atoms with Crippen molar-refractivity contribution in [2.24, 2.45) is 11.1 Å². The summed E-state index contributed by atoms with van der Waals surface area (Å²) in [6.07, 6.45) is 0.513. The van der Waals surface area contributed by atoms with Crippen LogP contribution in [0, 0.1) is 4.91 Å². The van der Waals surface area contributed by atoms with Crippen LogP contribution in [0.25, 0.3) is 0 Å². The van der Waals surface area contributed by atoms with E-state index >= 15 is 0 Å². The number of carbonyl (C=O) groups is 1. The first-order valence-electron chi connectivity index (χ1n) is 3.11. The van der Waals surface area contributed by atoms with E-state index in [0.717, 1.165) is 0 Å². The Hall–Kier alpha value is -1.75. The molecule has 0 atom stereocenters.